The second-order valence-corrected chi connectivity index (χ2v) is 8.37. The van der Waals surface area contributed by atoms with Crippen molar-refractivity contribution in [1.29, 1.82) is 0 Å². The number of hydrogen-bond donors (Lipinski definition) is 0. The van der Waals surface area contributed by atoms with Gasteiger partial charge in [0.2, 0.25) is 0 Å². The van der Waals surface area contributed by atoms with Crippen LogP contribution in [0.5, 0.6) is 0 Å². The molecule has 2 aromatic carbocycles. The van der Waals surface area contributed by atoms with Crippen molar-refractivity contribution in [3.63, 3.8) is 0 Å². The van der Waals surface area contributed by atoms with Crippen molar-refractivity contribution in [1.82, 2.24) is 14.5 Å². The van der Waals surface area contributed by atoms with Crippen molar-refractivity contribution in [3.8, 4) is 0 Å². The van der Waals surface area contributed by atoms with E-state index in [9.17, 15) is 0 Å². The SMILES string of the molecule is CN(C)CCCN(C)c1nccc2c3ccccc3n(CCCc3ccccc3)c12. The van der Waals surface area contributed by atoms with Crippen LogP contribution in [0.1, 0.15) is 18.4 Å². The third kappa shape index (κ3) is 4.34. The Labute approximate surface area is 179 Å². The summed E-state index contributed by atoms with van der Waals surface area (Å²) in [5.74, 6) is 1.09. The van der Waals surface area contributed by atoms with E-state index in [1.807, 2.05) is 6.20 Å². The summed E-state index contributed by atoms with van der Waals surface area (Å²) in [4.78, 5) is 9.37. The van der Waals surface area contributed by atoms with Crippen molar-refractivity contribution in [2.45, 2.75) is 25.8 Å². The third-order valence-corrected chi connectivity index (χ3v) is 5.81. The second kappa shape index (κ2) is 9.31. The maximum atomic E-state index is 4.82. The van der Waals surface area contributed by atoms with E-state index in [1.54, 1.807) is 0 Å². The molecule has 2 aromatic heterocycles. The highest BCUT2D eigenvalue weighted by atomic mass is 15.2. The first-order valence-corrected chi connectivity index (χ1v) is 10.9. The van der Waals surface area contributed by atoms with Crippen LogP contribution in [0.25, 0.3) is 21.8 Å². The zero-order chi connectivity index (χ0) is 20.9. The van der Waals surface area contributed by atoms with Crippen LogP contribution >= 0.6 is 0 Å². The molecule has 0 aliphatic heterocycles. The van der Waals surface area contributed by atoms with Gasteiger partial charge in [-0.2, -0.15) is 0 Å². The normalized spacial score (nSPS) is 11.6. The first-order chi connectivity index (χ1) is 14.6. The zero-order valence-electron chi connectivity index (χ0n) is 18.4. The highest BCUT2D eigenvalue weighted by Gasteiger charge is 2.17. The van der Waals surface area contributed by atoms with E-state index in [1.165, 1.54) is 27.4 Å². The van der Waals surface area contributed by atoms with Crippen LogP contribution in [0.3, 0.4) is 0 Å². The van der Waals surface area contributed by atoms with Crippen molar-refractivity contribution in [2.75, 3.05) is 39.1 Å². The zero-order valence-corrected chi connectivity index (χ0v) is 18.4. The number of aromatic nitrogens is 2. The van der Waals surface area contributed by atoms with Crippen LogP contribution in [0.4, 0.5) is 5.82 Å². The van der Waals surface area contributed by atoms with E-state index in [0.717, 1.165) is 44.7 Å². The van der Waals surface area contributed by atoms with Gasteiger partial charge >= 0.3 is 0 Å². The quantitative estimate of drug-likeness (QED) is 0.385. The Morgan fingerprint density at radius 2 is 1.57 bits per heavy atom. The molecule has 4 aromatic rings. The van der Waals surface area contributed by atoms with Gasteiger partial charge in [0.15, 0.2) is 5.82 Å². The highest BCUT2D eigenvalue weighted by Crippen LogP contribution is 2.34. The summed E-state index contributed by atoms with van der Waals surface area (Å²) in [5, 5.41) is 2.62. The molecule has 0 aliphatic rings. The summed E-state index contributed by atoms with van der Waals surface area (Å²) < 4.78 is 2.48. The lowest BCUT2D eigenvalue weighted by Gasteiger charge is -2.21. The van der Waals surface area contributed by atoms with E-state index < -0.39 is 0 Å². The van der Waals surface area contributed by atoms with E-state index in [0.29, 0.717) is 0 Å². The Morgan fingerprint density at radius 1 is 0.800 bits per heavy atom. The molecule has 0 N–H and O–H groups in total. The van der Waals surface area contributed by atoms with Gasteiger partial charge in [-0.1, -0.05) is 48.5 Å². The Kier molecular flexibility index (Phi) is 6.34. The molecule has 4 rings (SSSR count). The standard InChI is InChI=1S/C26H32N4/c1-28(2)18-10-19-29(3)26-25-23(16-17-27-26)22-14-7-8-15-24(22)30(25)20-9-13-21-11-5-4-6-12-21/h4-8,11-12,14-17H,9-10,13,18-20H2,1-3H3. The number of benzene rings is 2. The van der Waals surface area contributed by atoms with E-state index in [-0.39, 0.29) is 0 Å². The first kappa shape index (κ1) is 20.4. The minimum atomic E-state index is 0.989. The number of para-hydroxylation sites is 1. The predicted molar refractivity (Wildman–Crippen MR) is 128 cm³/mol. The van der Waals surface area contributed by atoms with E-state index in [2.05, 4.69) is 96.2 Å². The smallest absolute Gasteiger partial charge is 0.152 e. The highest BCUT2D eigenvalue weighted by molar-refractivity contribution is 6.11. The third-order valence-electron chi connectivity index (χ3n) is 5.81. The lowest BCUT2D eigenvalue weighted by molar-refractivity contribution is 0.401. The lowest BCUT2D eigenvalue weighted by Crippen LogP contribution is -2.24. The molecule has 2 heterocycles. The number of pyridine rings is 1. The molecule has 4 nitrogen and oxygen atoms in total. The first-order valence-electron chi connectivity index (χ1n) is 10.9. The van der Waals surface area contributed by atoms with Gasteiger partial charge in [-0.05, 0) is 57.6 Å². The molecular formula is C26H32N4. The monoisotopic (exact) mass is 400 g/mol. The fourth-order valence-corrected chi connectivity index (χ4v) is 4.31. The number of hydrogen-bond acceptors (Lipinski definition) is 3. The fraction of sp³-hybridized carbons (Fsp3) is 0.346. The molecule has 0 saturated carbocycles. The molecule has 0 atom stereocenters. The fourth-order valence-electron chi connectivity index (χ4n) is 4.31. The number of anilines is 1. The van der Waals surface area contributed by atoms with Crippen molar-refractivity contribution in [3.05, 3.63) is 72.4 Å². The topological polar surface area (TPSA) is 24.3 Å². The Morgan fingerprint density at radius 3 is 2.37 bits per heavy atom. The molecular weight excluding hydrogens is 368 g/mol. The summed E-state index contributed by atoms with van der Waals surface area (Å²) in [6.45, 7) is 3.07. The Hall–Kier alpha value is -2.85. The van der Waals surface area contributed by atoms with Gasteiger partial charge in [-0.15, -0.1) is 0 Å². The van der Waals surface area contributed by atoms with Crippen LogP contribution in [-0.2, 0) is 13.0 Å². The summed E-state index contributed by atoms with van der Waals surface area (Å²) in [7, 11) is 6.43. The van der Waals surface area contributed by atoms with Gasteiger partial charge in [-0.25, -0.2) is 4.98 Å². The maximum absolute atomic E-state index is 4.82. The van der Waals surface area contributed by atoms with E-state index >= 15 is 0 Å². The van der Waals surface area contributed by atoms with Gasteiger partial charge in [0.05, 0.1) is 5.52 Å². The van der Waals surface area contributed by atoms with Gasteiger partial charge in [-0.3, -0.25) is 0 Å². The summed E-state index contributed by atoms with van der Waals surface area (Å²) in [6, 6.07) is 21.7. The Balaban J connectivity index is 1.67. The molecule has 0 unspecified atom stereocenters. The summed E-state index contributed by atoms with van der Waals surface area (Å²) in [6.07, 6.45) is 5.27. The molecule has 4 heteroatoms. The number of fused-ring (bicyclic) bond motifs is 3. The van der Waals surface area contributed by atoms with E-state index in [4.69, 9.17) is 4.98 Å². The molecule has 0 saturated heterocycles. The second-order valence-electron chi connectivity index (χ2n) is 8.37. The molecule has 0 radical (unpaired) electrons. The van der Waals surface area contributed by atoms with Gasteiger partial charge in [0.25, 0.3) is 0 Å². The number of rotatable bonds is 9. The number of aryl methyl sites for hydroxylation is 2. The molecule has 0 aliphatic carbocycles. The molecule has 0 spiro atoms. The summed E-state index contributed by atoms with van der Waals surface area (Å²) in [5.41, 5.74) is 3.97. The molecule has 30 heavy (non-hydrogen) atoms. The van der Waals surface area contributed by atoms with Gasteiger partial charge in [0.1, 0.15) is 0 Å². The van der Waals surface area contributed by atoms with Crippen LogP contribution in [0.15, 0.2) is 66.9 Å². The molecule has 0 amide bonds. The number of nitrogens with zero attached hydrogens (tertiary/aromatic N) is 4. The molecule has 0 fully saturated rings. The van der Waals surface area contributed by atoms with Crippen molar-refractivity contribution >= 4 is 27.6 Å². The van der Waals surface area contributed by atoms with Crippen molar-refractivity contribution < 1.29 is 0 Å². The predicted octanol–water partition coefficient (Wildman–Crippen LogP) is 5.21. The maximum Gasteiger partial charge on any atom is 0.152 e. The van der Waals surface area contributed by atoms with Gasteiger partial charge in [0, 0.05) is 42.6 Å². The largest absolute Gasteiger partial charge is 0.358 e. The van der Waals surface area contributed by atoms with Crippen LogP contribution in [0.2, 0.25) is 0 Å². The Bertz CT molecular complexity index is 1100. The molecule has 0 bridgehead atoms. The minimum Gasteiger partial charge on any atom is -0.358 e. The average Bonchev–Trinajstić information content (AvgIpc) is 3.08. The minimum absolute atomic E-state index is 0.989. The van der Waals surface area contributed by atoms with Crippen LogP contribution in [-0.4, -0.2) is 48.7 Å². The summed E-state index contributed by atoms with van der Waals surface area (Å²) >= 11 is 0. The molecule has 156 valence electrons. The van der Waals surface area contributed by atoms with Crippen molar-refractivity contribution in [2.24, 2.45) is 0 Å². The van der Waals surface area contributed by atoms with Crippen LogP contribution in [0, 0.1) is 0 Å². The lowest BCUT2D eigenvalue weighted by atomic mass is 10.1. The van der Waals surface area contributed by atoms with Gasteiger partial charge < -0.3 is 14.4 Å². The van der Waals surface area contributed by atoms with Crippen LogP contribution < -0.4 is 4.90 Å². The average molecular weight is 401 g/mol.